The Balaban J connectivity index is 3.37. The third-order valence-electron chi connectivity index (χ3n) is 3.12. The maximum absolute atomic E-state index is 12.3. The van der Waals surface area contributed by atoms with E-state index < -0.39 is 6.43 Å². The number of hydrogen-bond donors (Lipinski definition) is 0. The van der Waals surface area contributed by atoms with Gasteiger partial charge in [-0.15, -0.1) is 11.6 Å². The van der Waals surface area contributed by atoms with Gasteiger partial charge in [0.15, 0.2) is 0 Å². The zero-order chi connectivity index (χ0) is 13.6. The Morgan fingerprint density at radius 2 is 1.44 bits per heavy atom. The minimum atomic E-state index is -2.25. The Hall–Kier alpha value is 0.110. The van der Waals surface area contributed by atoms with Gasteiger partial charge in [0, 0.05) is 12.4 Å². The Bertz CT molecular complexity index is 168. The summed E-state index contributed by atoms with van der Waals surface area (Å²) in [6.07, 6.45) is 7.68. The van der Waals surface area contributed by atoms with E-state index in [9.17, 15) is 8.78 Å². The first-order valence-electron chi connectivity index (χ1n) is 7.27. The first-order chi connectivity index (χ1) is 8.70. The van der Waals surface area contributed by atoms with E-state index in [4.69, 9.17) is 11.6 Å². The van der Waals surface area contributed by atoms with E-state index in [-0.39, 0.29) is 6.54 Å². The van der Waals surface area contributed by atoms with Crippen LogP contribution in [-0.2, 0) is 0 Å². The Kier molecular flexibility index (Phi) is 13.6. The van der Waals surface area contributed by atoms with Gasteiger partial charge in [0.05, 0.1) is 6.54 Å². The normalized spacial score (nSPS) is 11.7. The van der Waals surface area contributed by atoms with Crippen molar-refractivity contribution in [2.24, 2.45) is 0 Å². The van der Waals surface area contributed by atoms with Gasteiger partial charge in [-0.25, -0.2) is 8.78 Å². The van der Waals surface area contributed by atoms with Crippen molar-refractivity contribution in [1.82, 2.24) is 4.90 Å². The molecule has 0 atom stereocenters. The second kappa shape index (κ2) is 13.5. The van der Waals surface area contributed by atoms with Crippen LogP contribution in [-0.4, -0.2) is 36.8 Å². The molecule has 0 saturated heterocycles. The van der Waals surface area contributed by atoms with Gasteiger partial charge < -0.3 is 0 Å². The number of alkyl halides is 3. The smallest absolute Gasteiger partial charge is 0.251 e. The van der Waals surface area contributed by atoms with E-state index in [1.54, 1.807) is 4.90 Å². The fourth-order valence-electron chi connectivity index (χ4n) is 2.08. The second-order valence-corrected chi connectivity index (χ2v) is 5.23. The lowest BCUT2D eigenvalue weighted by Gasteiger charge is -2.20. The van der Waals surface area contributed by atoms with Gasteiger partial charge in [0.25, 0.3) is 6.43 Å². The van der Waals surface area contributed by atoms with Crippen molar-refractivity contribution < 1.29 is 8.78 Å². The standard InChI is InChI=1S/C14H28ClF2N/c1-2-3-4-5-6-7-8-9-11-18(12-10-15)13-14(16)17/h14H,2-13H2,1H3. The molecule has 0 aromatic rings. The van der Waals surface area contributed by atoms with Crippen molar-refractivity contribution in [2.45, 2.75) is 64.7 Å². The molecule has 4 heteroatoms. The van der Waals surface area contributed by atoms with E-state index in [2.05, 4.69) is 6.92 Å². The molecule has 0 unspecified atom stereocenters. The van der Waals surface area contributed by atoms with E-state index in [1.807, 2.05) is 0 Å². The van der Waals surface area contributed by atoms with Gasteiger partial charge in [0.2, 0.25) is 0 Å². The van der Waals surface area contributed by atoms with Crippen molar-refractivity contribution in [1.29, 1.82) is 0 Å². The van der Waals surface area contributed by atoms with Gasteiger partial charge in [-0.3, -0.25) is 4.90 Å². The largest absolute Gasteiger partial charge is 0.297 e. The molecule has 0 fully saturated rings. The fraction of sp³-hybridized carbons (Fsp3) is 1.00. The number of hydrogen-bond acceptors (Lipinski definition) is 1. The molecule has 1 nitrogen and oxygen atoms in total. The molecule has 0 radical (unpaired) electrons. The predicted molar refractivity (Wildman–Crippen MR) is 75.8 cm³/mol. The highest BCUT2D eigenvalue weighted by molar-refractivity contribution is 6.18. The Labute approximate surface area is 116 Å². The summed E-state index contributed by atoms with van der Waals surface area (Å²) < 4.78 is 24.5. The van der Waals surface area contributed by atoms with Crippen LogP contribution >= 0.6 is 11.6 Å². The van der Waals surface area contributed by atoms with E-state index in [0.717, 1.165) is 19.4 Å². The first kappa shape index (κ1) is 18.1. The third kappa shape index (κ3) is 12.6. The average Bonchev–Trinajstić information content (AvgIpc) is 2.32. The lowest BCUT2D eigenvalue weighted by Crippen LogP contribution is -2.31. The average molecular weight is 284 g/mol. The van der Waals surface area contributed by atoms with Crippen LogP contribution in [0.5, 0.6) is 0 Å². The van der Waals surface area contributed by atoms with Crippen molar-refractivity contribution in [3.05, 3.63) is 0 Å². The van der Waals surface area contributed by atoms with Gasteiger partial charge in [0.1, 0.15) is 0 Å². The van der Waals surface area contributed by atoms with Gasteiger partial charge in [-0.2, -0.15) is 0 Å². The summed E-state index contributed by atoms with van der Waals surface area (Å²) in [5.41, 5.74) is 0. The molecule has 0 aliphatic carbocycles. The maximum atomic E-state index is 12.3. The molecule has 18 heavy (non-hydrogen) atoms. The first-order valence-corrected chi connectivity index (χ1v) is 7.80. The molecule has 0 spiro atoms. The predicted octanol–water partition coefficient (Wildman–Crippen LogP) is 4.93. The number of unbranched alkanes of at least 4 members (excludes halogenated alkanes) is 7. The second-order valence-electron chi connectivity index (χ2n) is 4.86. The molecule has 0 heterocycles. The summed E-state index contributed by atoms with van der Waals surface area (Å²) in [7, 11) is 0. The molecule has 0 aliphatic heterocycles. The van der Waals surface area contributed by atoms with Crippen molar-refractivity contribution in [3.8, 4) is 0 Å². The van der Waals surface area contributed by atoms with Crippen molar-refractivity contribution in [2.75, 3.05) is 25.5 Å². The summed E-state index contributed by atoms with van der Waals surface area (Å²) >= 11 is 5.60. The zero-order valence-corrected chi connectivity index (χ0v) is 12.4. The zero-order valence-electron chi connectivity index (χ0n) is 11.6. The summed E-state index contributed by atoms with van der Waals surface area (Å²) in [6, 6.07) is 0. The van der Waals surface area contributed by atoms with Gasteiger partial charge in [-0.1, -0.05) is 51.9 Å². The lowest BCUT2D eigenvalue weighted by atomic mass is 10.1. The van der Waals surface area contributed by atoms with Crippen molar-refractivity contribution in [3.63, 3.8) is 0 Å². The summed E-state index contributed by atoms with van der Waals surface area (Å²) in [6.45, 7) is 3.41. The van der Waals surface area contributed by atoms with Crippen LogP contribution in [0, 0.1) is 0 Å². The van der Waals surface area contributed by atoms with Crippen LogP contribution in [0.4, 0.5) is 8.78 Å². The van der Waals surface area contributed by atoms with Crippen molar-refractivity contribution >= 4 is 11.6 Å². The van der Waals surface area contributed by atoms with Gasteiger partial charge in [-0.05, 0) is 13.0 Å². The highest BCUT2D eigenvalue weighted by Gasteiger charge is 2.10. The van der Waals surface area contributed by atoms with Crippen LogP contribution in [0.3, 0.4) is 0 Å². The molecular formula is C14H28ClF2N. The van der Waals surface area contributed by atoms with Crippen LogP contribution < -0.4 is 0 Å². The molecular weight excluding hydrogens is 256 g/mol. The molecule has 0 N–H and O–H groups in total. The quantitative estimate of drug-likeness (QED) is 0.342. The minimum absolute atomic E-state index is 0.136. The van der Waals surface area contributed by atoms with E-state index in [1.165, 1.54) is 38.5 Å². The molecule has 0 aliphatic rings. The molecule has 110 valence electrons. The van der Waals surface area contributed by atoms with E-state index in [0.29, 0.717) is 12.4 Å². The number of rotatable bonds is 13. The molecule has 0 saturated carbocycles. The monoisotopic (exact) mass is 283 g/mol. The summed E-state index contributed by atoms with van der Waals surface area (Å²) in [4.78, 5) is 1.77. The maximum Gasteiger partial charge on any atom is 0.251 e. The highest BCUT2D eigenvalue weighted by atomic mass is 35.5. The fourth-order valence-corrected chi connectivity index (χ4v) is 2.32. The van der Waals surface area contributed by atoms with Crippen LogP contribution in [0.25, 0.3) is 0 Å². The van der Waals surface area contributed by atoms with E-state index >= 15 is 0 Å². The lowest BCUT2D eigenvalue weighted by molar-refractivity contribution is 0.0902. The minimum Gasteiger partial charge on any atom is -0.297 e. The Morgan fingerprint density at radius 3 is 1.94 bits per heavy atom. The third-order valence-corrected chi connectivity index (χ3v) is 3.29. The van der Waals surface area contributed by atoms with Crippen LogP contribution in [0.2, 0.25) is 0 Å². The number of nitrogens with zero attached hydrogens (tertiary/aromatic N) is 1. The SMILES string of the molecule is CCCCCCCCCCN(CCCl)CC(F)F. The molecule has 0 rings (SSSR count). The molecule has 0 amide bonds. The molecule has 0 bridgehead atoms. The summed E-state index contributed by atoms with van der Waals surface area (Å²) in [5.74, 6) is 0.434. The highest BCUT2D eigenvalue weighted by Crippen LogP contribution is 2.09. The summed E-state index contributed by atoms with van der Waals surface area (Å²) in [5, 5.41) is 0. The Morgan fingerprint density at radius 1 is 0.889 bits per heavy atom. The topological polar surface area (TPSA) is 3.24 Å². The molecule has 0 aromatic heterocycles. The van der Waals surface area contributed by atoms with Crippen LogP contribution in [0.1, 0.15) is 58.3 Å². The number of halogens is 3. The van der Waals surface area contributed by atoms with Crippen LogP contribution in [0.15, 0.2) is 0 Å². The molecule has 0 aromatic carbocycles. The van der Waals surface area contributed by atoms with Gasteiger partial charge >= 0.3 is 0 Å².